The number of hydrogen-bond acceptors (Lipinski definition) is 5. The Hall–Kier alpha value is -4.26. The van der Waals surface area contributed by atoms with Crippen molar-refractivity contribution in [1.82, 2.24) is 35.2 Å². The fourth-order valence-corrected chi connectivity index (χ4v) is 4.20. The Morgan fingerprint density at radius 2 is 1.33 bits per heavy atom. The molecule has 2 heterocycles. The van der Waals surface area contributed by atoms with Gasteiger partial charge in [0, 0.05) is 10.6 Å². The first-order valence-corrected chi connectivity index (χ1v) is 11.7. The summed E-state index contributed by atoms with van der Waals surface area (Å²) in [5.74, 6) is 0.181. The zero-order valence-electron chi connectivity index (χ0n) is 19.6. The topological polar surface area (TPSA) is 74.3 Å². The lowest BCUT2D eigenvalue weighted by Crippen LogP contribution is -2.13. The van der Waals surface area contributed by atoms with Gasteiger partial charge in [0.2, 0.25) is 5.82 Å². The average Bonchev–Trinajstić information content (AvgIpc) is 3.51. The van der Waals surface area contributed by atoms with Crippen molar-refractivity contribution in [2.75, 3.05) is 0 Å². The van der Waals surface area contributed by atoms with Gasteiger partial charge in [-0.1, -0.05) is 65.3 Å². The van der Waals surface area contributed by atoms with Gasteiger partial charge in [-0.05, 0) is 45.8 Å². The van der Waals surface area contributed by atoms with Gasteiger partial charge in [-0.2, -0.15) is 26.3 Å². The Morgan fingerprint density at radius 1 is 0.692 bits per heavy atom. The molecule has 7 nitrogen and oxygen atoms in total. The maximum Gasteiger partial charge on any atom is 0.416 e. The van der Waals surface area contributed by atoms with Crippen LogP contribution in [0, 0.1) is 0 Å². The summed E-state index contributed by atoms with van der Waals surface area (Å²) in [4.78, 5) is 0. The van der Waals surface area contributed by atoms with Gasteiger partial charge in [-0.3, -0.25) is 0 Å². The summed E-state index contributed by atoms with van der Waals surface area (Å²) in [7, 11) is 0. The molecule has 0 spiro atoms. The molecule has 0 saturated heterocycles. The number of nitrogens with zero attached hydrogens (tertiary/aromatic N) is 7. The van der Waals surface area contributed by atoms with E-state index in [9.17, 15) is 26.3 Å². The van der Waals surface area contributed by atoms with Crippen LogP contribution in [-0.4, -0.2) is 35.2 Å². The van der Waals surface area contributed by atoms with E-state index in [4.69, 9.17) is 11.6 Å². The molecule has 3 aromatic carbocycles. The maximum absolute atomic E-state index is 13.4. The second-order valence-corrected chi connectivity index (χ2v) is 8.88. The van der Waals surface area contributed by atoms with E-state index in [0.717, 1.165) is 0 Å². The lowest BCUT2D eigenvalue weighted by atomic mass is 10.0. The highest BCUT2D eigenvalue weighted by molar-refractivity contribution is 6.31. The minimum Gasteiger partial charge on any atom is -0.239 e. The van der Waals surface area contributed by atoms with E-state index in [1.807, 2.05) is 0 Å². The molecule has 14 heteroatoms. The highest BCUT2D eigenvalue weighted by atomic mass is 35.5. The van der Waals surface area contributed by atoms with Crippen LogP contribution in [0.25, 0.3) is 22.8 Å². The second kappa shape index (κ2) is 10.1. The van der Waals surface area contributed by atoms with Crippen LogP contribution < -0.4 is 0 Å². The fourth-order valence-electron chi connectivity index (χ4n) is 4.01. The summed E-state index contributed by atoms with van der Waals surface area (Å²) < 4.78 is 83.2. The van der Waals surface area contributed by atoms with E-state index < -0.39 is 30.0 Å². The molecule has 0 saturated carbocycles. The van der Waals surface area contributed by atoms with Crippen LogP contribution in [0.4, 0.5) is 26.3 Å². The first-order chi connectivity index (χ1) is 18.5. The monoisotopic (exact) mass is 563 g/mol. The van der Waals surface area contributed by atoms with E-state index >= 15 is 0 Å². The largest absolute Gasteiger partial charge is 0.416 e. The van der Waals surface area contributed by atoms with Crippen molar-refractivity contribution in [3.8, 4) is 22.8 Å². The van der Waals surface area contributed by atoms with Crippen molar-refractivity contribution in [3.63, 3.8) is 0 Å². The Bertz CT molecular complexity index is 1580. The summed E-state index contributed by atoms with van der Waals surface area (Å²) in [6, 6.07) is 17.0. The number of benzene rings is 3. The molecule has 5 aromatic rings. The smallest absolute Gasteiger partial charge is 0.239 e. The van der Waals surface area contributed by atoms with Crippen molar-refractivity contribution in [2.45, 2.75) is 25.4 Å². The highest BCUT2D eigenvalue weighted by Gasteiger charge is 2.37. The summed E-state index contributed by atoms with van der Waals surface area (Å²) in [6.45, 7) is -0.262. The van der Waals surface area contributed by atoms with Crippen LogP contribution in [0.15, 0.2) is 72.8 Å². The third-order valence-corrected chi connectivity index (χ3v) is 6.15. The minimum absolute atomic E-state index is 0.0806. The fraction of sp³-hybridized carbons (Fsp3) is 0.160. The maximum atomic E-state index is 13.4. The molecule has 0 unspecified atom stereocenters. The van der Waals surface area contributed by atoms with Gasteiger partial charge in [0.15, 0.2) is 5.69 Å². The Balaban J connectivity index is 1.61. The van der Waals surface area contributed by atoms with E-state index in [1.54, 1.807) is 54.6 Å². The molecule has 0 N–H and O–H groups in total. The summed E-state index contributed by atoms with van der Waals surface area (Å²) in [5.41, 5.74) is -1.35. The molecule has 200 valence electrons. The second-order valence-electron chi connectivity index (χ2n) is 8.48. The van der Waals surface area contributed by atoms with Crippen molar-refractivity contribution < 1.29 is 26.3 Å². The van der Waals surface area contributed by atoms with Crippen molar-refractivity contribution in [1.29, 1.82) is 0 Å². The Kier molecular flexibility index (Phi) is 6.85. The van der Waals surface area contributed by atoms with Crippen LogP contribution >= 0.6 is 11.6 Å². The van der Waals surface area contributed by atoms with Crippen LogP contribution in [0.3, 0.4) is 0 Å². The first-order valence-electron chi connectivity index (χ1n) is 11.3. The van der Waals surface area contributed by atoms with Gasteiger partial charge < -0.3 is 0 Å². The van der Waals surface area contributed by atoms with Crippen LogP contribution in [-0.2, 0) is 25.4 Å². The number of tetrazole rings is 1. The summed E-state index contributed by atoms with van der Waals surface area (Å²) in [5, 5.41) is 20.5. The zero-order valence-corrected chi connectivity index (χ0v) is 20.4. The molecule has 0 radical (unpaired) electrons. The molecule has 0 amide bonds. The predicted molar refractivity (Wildman–Crippen MR) is 128 cm³/mol. The van der Waals surface area contributed by atoms with Crippen LogP contribution in [0.2, 0.25) is 5.02 Å². The number of halogens is 7. The molecular formula is C25H16ClF6N7. The predicted octanol–water partition coefficient (Wildman–Crippen LogP) is 6.39. The van der Waals surface area contributed by atoms with Gasteiger partial charge in [0.25, 0.3) is 0 Å². The highest BCUT2D eigenvalue weighted by Crippen LogP contribution is 2.37. The van der Waals surface area contributed by atoms with Gasteiger partial charge >= 0.3 is 12.4 Å². The van der Waals surface area contributed by atoms with Gasteiger partial charge in [-0.25, -0.2) is 9.36 Å². The van der Waals surface area contributed by atoms with Crippen molar-refractivity contribution >= 4 is 11.6 Å². The average molecular weight is 564 g/mol. The summed E-state index contributed by atoms with van der Waals surface area (Å²) >= 11 is 6.28. The molecular weight excluding hydrogens is 548 g/mol. The van der Waals surface area contributed by atoms with Crippen molar-refractivity contribution in [3.05, 3.63) is 100 Å². The van der Waals surface area contributed by atoms with Crippen molar-refractivity contribution in [2.24, 2.45) is 0 Å². The molecule has 0 fully saturated rings. The third kappa shape index (κ3) is 5.62. The number of rotatable bonds is 6. The lowest BCUT2D eigenvalue weighted by Gasteiger charge is -2.15. The van der Waals surface area contributed by atoms with Gasteiger partial charge in [0.1, 0.15) is 5.69 Å². The molecule has 0 atom stereocenters. The van der Waals surface area contributed by atoms with E-state index in [2.05, 4.69) is 25.8 Å². The molecule has 0 aliphatic carbocycles. The van der Waals surface area contributed by atoms with Crippen LogP contribution in [0.1, 0.15) is 22.3 Å². The van der Waals surface area contributed by atoms with E-state index in [0.29, 0.717) is 34.0 Å². The van der Waals surface area contributed by atoms with Gasteiger partial charge in [-0.15, -0.1) is 10.2 Å². The normalized spacial score (nSPS) is 12.2. The Labute approximate surface area is 221 Å². The molecule has 5 rings (SSSR count). The minimum atomic E-state index is -4.98. The first kappa shape index (κ1) is 26.4. The third-order valence-electron chi connectivity index (χ3n) is 5.78. The van der Waals surface area contributed by atoms with E-state index in [1.165, 1.54) is 9.36 Å². The zero-order chi connectivity index (χ0) is 27.8. The number of alkyl halides is 6. The van der Waals surface area contributed by atoms with E-state index in [-0.39, 0.29) is 29.7 Å². The quantitative estimate of drug-likeness (QED) is 0.224. The van der Waals surface area contributed by atoms with Gasteiger partial charge in [0.05, 0.1) is 24.2 Å². The standard InChI is InChI=1S/C25H16ClF6N7/c26-20-9-5-4-8-17(20)14-39-23(34-35-37-39)21-22(16-6-2-1-3-7-16)38(36-33-21)13-15-10-18(24(27,28)29)12-19(11-15)25(30,31)32/h1-12H,13-14H2. The molecule has 0 bridgehead atoms. The summed E-state index contributed by atoms with van der Waals surface area (Å²) in [6.07, 6.45) is -9.96. The van der Waals surface area contributed by atoms with Crippen LogP contribution in [0.5, 0.6) is 0 Å². The lowest BCUT2D eigenvalue weighted by molar-refractivity contribution is -0.143. The Morgan fingerprint density at radius 3 is 1.97 bits per heavy atom. The molecule has 0 aliphatic heterocycles. The number of aromatic nitrogens is 7. The SMILES string of the molecule is FC(F)(F)c1cc(Cn2nnc(-c3nnnn3Cc3ccccc3Cl)c2-c2ccccc2)cc(C(F)(F)F)c1. The molecule has 2 aromatic heterocycles. The molecule has 39 heavy (non-hydrogen) atoms. The number of hydrogen-bond donors (Lipinski definition) is 0. The molecule has 0 aliphatic rings.